The smallest absolute Gasteiger partial charge is 0.0809 e. The Kier molecular flexibility index (Phi) is 2.98. The van der Waals surface area contributed by atoms with Gasteiger partial charge in [0.15, 0.2) is 0 Å². The Labute approximate surface area is 98.4 Å². The molecule has 0 aliphatic heterocycles. The molecule has 1 aromatic carbocycles. The number of nitrogens with zero attached hydrogens (tertiary/aromatic N) is 3. The van der Waals surface area contributed by atoms with Gasteiger partial charge in [-0.05, 0) is 28.1 Å². The fourth-order valence-corrected chi connectivity index (χ4v) is 2.01. The lowest BCUT2D eigenvalue weighted by molar-refractivity contribution is 0.780. The Hall–Kier alpha value is -0.680. The summed E-state index contributed by atoms with van der Waals surface area (Å²) in [6.07, 6.45) is 1.74. The highest BCUT2D eigenvalue weighted by Crippen LogP contribution is 2.21. The van der Waals surface area contributed by atoms with E-state index in [-0.39, 0.29) is 0 Å². The molecule has 0 radical (unpaired) electrons. The summed E-state index contributed by atoms with van der Waals surface area (Å²) in [6, 6.07) is 7.91. The molecule has 5 heteroatoms. The van der Waals surface area contributed by atoms with Crippen molar-refractivity contribution in [2.75, 3.05) is 0 Å². The van der Waals surface area contributed by atoms with Gasteiger partial charge in [-0.15, -0.1) is 5.10 Å². The summed E-state index contributed by atoms with van der Waals surface area (Å²) >= 11 is 6.87. The quantitative estimate of drug-likeness (QED) is 0.798. The van der Waals surface area contributed by atoms with Crippen LogP contribution in [0.3, 0.4) is 0 Å². The summed E-state index contributed by atoms with van der Waals surface area (Å²) in [5.41, 5.74) is 2.02. The van der Waals surface area contributed by atoms with Crippen LogP contribution in [0, 0.1) is 0 Å². The van der Waals surface area contributed by atoms with Crippen LogP contribution in [-0.4, -0.2) is 15.0 Å². The molecule has 0 unspecified atom stereocenters. The van der Waals surface area contributed by atoms with Gasteiger partial charge in [-0.2, -0.15) is 0 Å². The maximum atomic E-state index is 4.02. The number of para-hydroxylation sites is 1. The maximum Gasteiger partial charge on any atom is 0.0809 e. The van der Waals surface area contributed by atoms with E-state index in [1.54, 1.807) is 10.9 Å². The second-order valence-electron chi connectivity index (χ2n) is 2.72. The molecule has 0 saturated heterocycles. The monoisotopic (exact) mass is 315 g/mol. The van der Waals surface area contributed by atoms with Gasteiger partial charge in [-0.3, -0.25) is 0 Å². The molecule has 3 nitrogen and oxygen atoms in total. The lowest BCUT2D eigenvalue weighted by Crippen LogP contribution is -2.01. The van der Waals surface area contributed by atoms with Crippen molar-refractivity contribution in [2.24, 2.45) is 0 Å². The zero-order valence-electron chi connectivity index (χ0n) is 7.19. The van der Waals surface area contributed by atoms with Crippen LogP contribution in [0.25, 0.3) is 5.69 Å². The minimum atomic E-state index is 0.737. The van der Waals surface area contributed by atoms with Crippen molar-refractivity contribution in [3.63, 3.8) is 0 Å². The molecule has 0 amide bonds. The van der Waals surface area contributed by atoms with Crippen LogP contribution in [0.2, 0.25) is 0 Å². The fourth-order valence-electron chi connectivity index (χ4n) is 1.17. The van der Waals surface area contributed by atoms with Gasteiger partial charge in [0.05, 0.1) is 17.6 Å². The summed E-state index contributed by atoms with van der Waals surface area (Å²) < 4.78 is 2.81. The van der Waals surface area contributed by atoms with E-state index < -0.39 is 0 Å². The minimum Gasteiger partial charge on any atom is -0.216 e. The largest absolute Gasteiger partial charge is 0.216 e. The van der Waals surface area contributed by atoms with Crippen molar-refractivity contribution in [2.45, 2.75) is 5.33 Å². The summed E-state index contributed by atoms with van der Waals surface area (Å²) in [7, 11) is 0. The summed E-state index contributed by atoms with van der Waals surface area (Å²) in [5, 5.41) is 8.63. The van der Waals surface area contributed by atoms with Gasteiger partial charge in [-0.25, -0.2) is 4.68 Å². The van der Waals surface area contributed by atoms with E-state index in [1.807, 2.05) is 24.3 Å². The molecule has 0 spiro atoms. The fraction of sp³-hybridized carbons (Fsp3) is 0.111. The van der Waals surface area contributed by atoms with Gasteiger partial charge < -0.3 is 0 Å². The van der Waals surface area contributed by atoms with Crippen molar-refractivity contribution >= 4 is 31.9 Å². The Morgan fingerprint density at radius 1 is 1.29 bits per heavy atom. The predicted molar refractivity (Wildman–Crippen MR) is 61.7 cm³/mol. The number of rotatable bonds is 2. The van der Waals surface area contributed by atoms with Crippen LogP contribution >= 0.6 is 31.9 Å². The Balaban J connectivity index is 2.54. The Morgan fingerprint density at radius 2 is 2.07 bits per heavy atom. The molecule has 0 bridgehead atoms. The molecule has 72 valence electrons. The van der Waals surface area contributed by atoms with Crippen LogP contribution in [-0.2, 0) is 5.33 Å². The first-order valence-electron chi connectivity index (χ1n) is 4.03. The van der Waals surface area contributed by atoms with E-state index in [2.05, 4.69) is 42.2 Å². The van der Waals surface area contributed by atoms with Gasteiger partial charge >= 0.3 is 0 Å². The van der Waals surface area contributed by atoms with Crippen molar-refractivity contribution in [3.05, 3.63) is 40.6 Å². The predicted octanol–water partition coefficient (Wildman–Crippen LogP) is 2.92. The summed E-state index contributed by atoms with van der Waals surface area (Å²) in [6.45, 7) is 0. The molecule has 2 aromatic rings. The molecule has 14 heavy (non-hydrogen) atoms. The summed E-state index contributed by atoms with van der Waals surface area (Å²) in [4.78, 5) is 0. The van der Waals surface area contributed by atoms with E-state index >= 15 is 0 Å². The lowest BCUT2D eigenvalue weighted by atomic mass is 10.3. The lowest BCUT2D eigenvalue weighted by Gasteiger charge is -2.05. The van der Waals surface area contributed by atoms with Gasteiger partial charge in [-0.1, -0.05) is 33.3 Å². The second kappa shape index (κ2) is 4.23. The first-order valence-corrected chi connectivity index (χ1v) is 5.95. The van der Waals surface area contributed by atoms with Crippen LogP contribution in [0.4, 0.5) is 0 Å². The maximum absolute atomic E-state index is 4.02. The Morgan fingerprint density at radius 3 is 2.79 bits per heavy atom. The average Bonchev–Trinajstić information content (AvgIpc) is 2.66. The average molecular weight is 317 g/mol. The van der Waals surface area contributed by atoms with Crippen molar-refractivity contribution in [1.82, 2.24) is 15.0 Å². The zero-order chi connectivity index (χ0) is 9.97. The number of hydrogen-bond donors (Lipinski definition) is 0. The number of benzene rings is 1. The normalized spacial score (nSPS) is 10.4. The van der Waals surface area contributed by atoms with Gasteiger partial charge in [0.2, 0.25) is 0 Å². The third-order valence-electron chi connectivity index (χ3n) is 1.84. The standard InChI is InChI=1S/C9H7Br2N3/c10-5-7-6-12-13-14(7)9-4-2-1-3-8(9)11/h1-4,6H,5H2. The van der Waals surface area contributed by atoms with Gasteiger partial charge in [0.1, 0.15) is 0 Å². The molecule has 0 atom stereocenters. The highest BCUT2D eigenvalue weighted by molar-refractivity contribution is 9.10. The summed E-state index contributed by atoms with van der Waals surface area (Å²) in [5.74, 6) is 0. The molecule has 1 aromatic heterocycles. The van der Waals surface area contributed by atoms with E-state index in [1.165, 1.54) is 0 Å². The van der Waals surface area contributed by atoms with Crippen LogP contribution in [0.15, 0.2) is 34.9 Å². The molecule has 0 aliphatic carbocycles. The number of hydrogen-bond acceptors (Lipinski definition) is 2. The number of aromatic nitrogens is 3. The highest BCUT2D eigenvalue weighted by atomic mass is 79.9. The highest BCUT2D eigenvalue weighted by Gasteiger charge is 2.06. The van der Waals surface area contributed by atoms with Crippen molar-refractivity contribution in [3.8, 4) is 5.69 Å². The first-order chi connectivity index (χ1) is 6.83. The molecule has 1 heterocycles. The number of halogens is 2. The molecule has 2 rings (SSSR count). The molecule has 0 aliphatic rings. The molecule has 0 fully saturated rings. The minimum absolute atomic E-state index is 0.737. The van der Waals surface area contributed by atoms with Crippen LogP contribution in [0.5, 0.6) is 0 Å². The van der Waals surface area contributed by atoms with Gasteiger partial charge in [0.25, 0.3) is 0 Å². The second-order valence-corrected chi connectivity index (χ2v) is 4.14. The third kappa shape index (κ3) is 1.74. The molecular weight excluding hydrogens is 310 g/mol. The SMILES string of the molecule is BrCc1cnnn1-c1ccccc1Br. The van der Waals surface area contributed by atoms with Crippen molar-refractivity contribution in [1.29, 1.82) is 0 Å². The van der Waals surface area contributed by atoms with Crippen LogP contribution in [0.1, 0.15) is 5.69 Å². The zero-order valence-corrected chi connectivity index (χ0v) is 10.4. The van der Waals surface area contributed by atoms with E-state index in [9.17, 15) is 0 Å². The Bertz CT molecular complexity index is 439. The number of alkyl halides is 1. The molecule has 0 N–H and O–H groups in total. The van der Waals surface area contributed by atoms with E-state index in [4.69, 9.17) is 0 Å². The molecule has 0 saturated carbocycles. The third-order valence-corrected chi connectivity index (χ3v) is 3.08. The topological polar surface area (TPSA) is 30.7 Å². The van der Waals surface area contributed by atoms with E-state index in [0.29, 0.717) is 0 Å². The van der Waals surface area contributed by atoms with Gasteiger partial charge in [0, 0.05) is 9.80 Å². The molecular formula is C9H7Br2N3. The van der Waals surface area contributed by atoms with Crippen LogP contribution < -0.4 is 0 Å². The van der Waals surface area contributed by atoms with E-state index in [0.717, 1.165) is 21.2 Å². The first kappa shape index (κ1) is 9.86. The van der Waals surface area contributed by atoms with Crippen molar-refractivity contribution < 1.29 is 0 Å².